The molecule has 4 rings (SSSR count). The van der Waals surface area contributed by atoms with Crippen LogP contribution in [-0.4, -0.2) is 7.11 Å². The van der Waals surface area contributed by atoms with E-state index in [1.807, 2.05) is 0 Å². The molecule has 0 aromatic heterocycles. The molecule has 0 fully saturated rings. The average molecular weight is 370 g/mol. The fourth-order valence-electron chi connectivity index (χ4n) is 3.33. The highest BCUT2D eigenvalue weighted by atomic mass is 19.2. The molecule has 1 aliphatic carbocycles. The quantitative estimate of drug-likeness (QED) is 0.513. The van der Waals surface area contributed by atoms with Crippen molar-refractivity contribution >= 4 is 11.6 Å². The maximum atomic E-state index is 14.7. The van der Waals surface area contributed by atoms with Crippen molar-refractivity contribution in [2.45, 2.75) is 6.42 Å². The lowest BCUT2D eigenvalue weighted by atomic mass is 9.97. The molecule has 0 amide bonds. The van der Waals surface area contributed by atoms with Gasteiger partial charge in [-0.05, 0) is 70.6 Å². The molecule has 0 radical (unpaired) electrons. The number of hydrogen-bond donors (Lipinski definition) is 0. The smallest absolute Gasteiger partial charge is 0.159 e. The second-order valence-electron chi connectivity index (χ2n) is 6.35. The third-order valence-electron chi connectivity index (χ3n) is 4.68. The van der Waals surface area contributed by atoms with Gasteiger partial charge in [0.2, 0.25) is 0 Å². The van der Waals surface area contributed by atoms with Crippen LogP contribution in [0.4, 0.5) is 17.6 Å². The van der Waals surface area contributed by atoms with E-state index >= 15 is 0 Å². The molecule has 1 nitrogen and oxygen atoms in total. The van der Waals surface area contributed by atoms with Crippen LogP contribution in [0, 0.1) is 23.3 Å². The van der Waals surface area contributed by atoms with Crippen molar-refractivity contribution in [3.05, 3.63) is 88.5 Å². The van der Waals surface area contributed by atoms with Crippen molar-refractivity contribution in [3.8, 4) is 16.9 Å². The molecule has 0 heterocycles. The average Bonchev–Trinajstić information content (AvgIpc) is 3.03. The molecule has 1 aliphatic rings. The maximum absolute atomic E-state index is 14.7. The van der Waals surface area contributed by atoms with Gasteiger partial charge in [0.1, 0.15) is 17.4 Å². The Hall–Kier alpha value is -3.08. The van der Waals surface area contributed by atoms with E-state index in [2.05, 4.69) is 0 Å². The summed E-state index contributed by atoms with van der Waals surface area (Å²) in [5, 5.41) is 0. The number of rotatable bonds is 3. The molecule has 0 atom stereocenters. The predicted molar refractivity (Wildman–Crippen MR) is 96.3 cm³/mol. The van der Waals surface area contributed by atoms with Gasteiger partial charge in [-0.25, -0.2) is 17.6 Å². The molecule has 0 saturated heterocycles. The van der Waals surface area contributed by atoms with Crippen LogP contribution in [0.15, 0.2) is 48.5 Å². The Bertz CT molecular complexity index is 1050. The molecule has 0 aliphatic heterocycles. The fraction of sp³-hybridized carbons (Fsp3) is 0.0909. The van der Waals surface area contributed by atoms with Gasteiger partial charge in [-0.15, -0.1) is 0 Å². The Kier molecular flexibility index (Phi) is 4.22. The van der Waals surface area contributed by atoms with Gasteiger partial charge in [-0.1, -0.05) is 18.2 Å². The number of fused-ring (bicyclic) bond motifs is 1. The largest absolute Gasteiger partial charge is 0.497 e. The third-order valence-corrected chi connectivity index (χ3v) is 4.68. The van der Waals surface area contributed by atoms with Gasteiger partial charge in [0.15, 0.2) is 11.6 Å². The molecule has 5 heteroatoms. The van der Waals surface area contributed by atoms with E-state index in [0.717, 1.165) is 12.1 Å². The zero-order chi connectivity index (χ0) is 19.1. The van der Waals surface area contributed by atoms with Crippen LogP contribution in [-0.2, 0) is 6.42 Å². The summed E-state index contributed by atoms with van der Waals surface area (Å²) in [5.41, 5.74) is 2.15. The maximum Gasteiger partial charge on any atom is 0.159 e. The highest BCUT2D eigenvalue weighted by molar-refractivity contribution is 5.89. The highest BCUT2D eigenvalue weighted by Gasteiger charge is 2.22. The molecule has 0 N–H and O–H groups in total. The van der Waals surface area contributed by atoms with Crippen LogP contribution in [0.5, 0.6) is 5.75 Å². The van der Waals surface area contributed by atoms with Gasteiger partial charge in [0, 0.05) is 5.56 Å². The van der Waals surface area contributed by atoms with Gasteiger partial charge < -0.3 is 4.74 Å². The predicted octanol–water partition coefficient (Wildman–Crippen LogP) is 6.02. The van der Waals surface area contributed by atoms with E-state index in [4.69, 9.17) is 4.74 Å². The Morgan fingerprint density at radius 1 is 0.741 bits per heavy atom. The number of halogens is 4. The second-order valence-corrected chi connectivity index (χ2v) is 6.35. The van der Waals surface area contributed by atoms with E-state index in [-0.39, 0.29) is 12.0 Å². The van der Waals surface area contributed by atoms with Gasteiger partial charge in [0.05, 0.1) is 7.11 Å². The second kappa shape index (κ2) is 6.58. The first-order valence-corrected chi connectivity index (χ1v) is 8.28. The molecule has 0 spiro atoms. The SMILES string of the molecule is COc1ccc(-c2cc(F)c(C3=Cc4cc(F)c(F)cc4C3)c(F)c2)cc1. The molecule has 0 unspecified atom stereocenters. The van der Waals surface area contributed by atoms with Crippen molar-refractivity contribution in [3.63, 3.8) is 0 Å². The Morgan fingerprint density at radius 2 is 1.37 bits per heavy atom. The summed E-state index contributed by atoms with van der Waals surface area (Å²) in [4.78, 5) is 0. The van der Waals surface area contributed by atoms with Gasteiger partial charge in [-0.3, -0.25) is 0 Å². The first-order valence-electron chi connectivity index (χ1n) is 8.28. The number of benzene rings is 3. The van der Waals surface area contributed by atoms with Crippen LogP contribution in [0.2, 0.25) is 0 Å². The molecular formula is C22H14F4O. The van der Waals surface area contributed by atoms with E-state index in [1.54, 1.807) is 24.3 Å². The summed E-state index contributed by atoms with van der Waals surface area (Å²) in [6.07, 6.45) is 1.63. The van der Waals surface area contributed by atoms with E-state index in [0.29, 0.717) is 33.6 Å². The molecule has 27 heavy (non-hydrogen) atoms. The van der Waals surface area contributed by atoms with E-state index in [1.165, 1.54) is 25.3 Å². The van der Waals surface area contributed by atoms with Crippen molar-refractivity contribution in [2.24, 2.45) is 0 Å². The van der Waals surface area contributed by atoms with Crippen molar-refractivity contribution in [2.75, 3.05) is 7.11 Å². The number of ether oxygens (including phenoxy) is 1. The van der Waals surface area contributed by atoms with E-state index < -0.39 is 23.3 Å². The van der Waals surface area contributed by atoms with Crippen LogP contribution < -0.4 is 4.74 Å². The first-order chi connectivity index (χ1) is 13.0. The lowest BCUT2D eigenvalue weighted by Crippen LogP contribution is -1.97. The number of allylic oxidation sites excluding steroid dienone is 1. The summed E-state index contributed by atoms with van der Waals surface area (Å²) >= 11 is 0. The number of hydrogen-bond acceptors (Lipinski definition) is 1. The lowest BCUT2D eigenvalue weighted by molar-refractivity contribution is 0.415. The normalized spacial score (nSPS) is 12.7. The monoisotopic (exact) mass is 370 g/mol. The zero-order valence-corrected chi connectivity index (χ0v) is 14.3. The summed E-state index contributed by atoms with van der Waals surface area (Å²) < 4.78 is 61.3. The standard InChI is InChI=1S/C22H14F4O/c1-27-17-4-2-12(3-5-17)15-10-20(25)22(21(26)11-15)16-6-13-8-18(23)19(24)9-14(13)7-16/h2-6,8-11H,7H2,1H3. The van der Waals surface area contributed by atoms with Crippen molar-refractivity contribution in [1.82, 2.24) is 0 Å². The highest BCUT2D eigenvalue weighted by Crippen LogP contribution is 2.36. The molecular weight excluding hydrogens is 356 g/mol. The van der Waals surface area contributed by atoms with Crippen LogP contribution in [0.25, 0.3) is 22.8 Å². The molecule has 0 saturated carbocycles. The Balaban J connectivity index is 1.72. The topological polar surface area (TPSA) is 9.23 Å². The summed E-state index contributed by atoms with van der Waals surface area (Å²) in [6, 6.07) is 11.5. The third kappa shape index (κ3) is 3.10. The zero-order valence-electron chi connectivity index (χ0n) is 14.3. The minimum atomic E-state index is -0.984. The number of methoxy groups -OCH3 is 1. The molecule has 3 aromatic rings. The minimum absolute atomic E-state index is 0.141. The van der Waals surface area contributed by atoms with Crippen molar-refractivity contribution in [1.29, 1.82) is 0 Å². The minimum Gasteiger partial charge on any atom is -0.497 e. The van der Waals surface area contributed by atoms with Crippen LogP contribution >= 0.6 is 0 Å². The Morgan fingerprint density at radius 3 is 2.00 bits per heavy atom. The van der Waals surface area contributed by atoms with Crippen LogP contribution in [0.1, 0.15) is 16.7 Å². The fourth-order valence-corrected chi connectivity index (χ4v) is 3.33. The van der Waals surface area contributed by atoms with Crippen molar-refractivity contribution < 1.29 is 22.3 Å². The lowest BCUT2D eigenvalue weighted by Gasteiger charge is -2.10. The van der Waals surface area contributed by atoms with Gasteiger partial charge >= 0.3 is 0 Å². The molecule has 3 aromatic carbocycles. The molecule has 136 valence electrons. The molecule has 0 bridgehead atoms. The van der Waals surface area contributed by atoms with Gasteiger partial charge in [0.25, 0.3) is 0 Å². The summed E-state index contributed by atoms with van der Waals surface area (Å²) in [5.74, 6) is -2.76. The van der Waals surface area contributed by atoms with E-state index in [9.17, 15) is 17.6 Å². The Labute approximate surface area is 153 Å². The van der Waals surface area contributed by atoms with Crippen LogP contribution in [0.3, 0.4) is 0 Å². The summed E-state index contributed by atoms with van der Waals surface area (Å²) in [6.45, 7) is 0. The summed E-state index contributed by atoms with van der Waals surface area (Å²) in [7, 11) is 1.54. The first kappa shape index (κ1) is 17.3. The van der Waals surface area contributed by atoms with Gasteiger partial charge in [-0.2, -0.15) is 0 Å².